The molecule has 1 aliphatic carbocycles. The molecular weight excluding hydrogens is 300 g/mol. The molecule has 0 aromatic heterocycles. The van der Waals surface area contributed by atoms with Gasteiger partial charge in [-0.1, -0.05) is 25.8 Å². The van der Waals surface area contributed by atoms with E-state index in [1.54, 1.807) is 0 Å². The van der Waals surface area contributed by atoms with Gasteiger partial charge in [-0.2, -0.15) is 0 Å². The third-order valence-electron chi connectivity index (χ3n) is 5.68. The van der Waals surface area contributed by atoms with Crippen LogP contribution in [0.25, 0.3) is 0 Å². The van der Waals surface area contributed by atoms with Crippen molar-refractivity contribution in [2.75, 3.05) is 6.61 Å². The Hall–Kier alpha value is -1.48. The molecule has 0 saturated carbocycles. The van der Waals surface area contributed by atoms with Crippen molar-refractivity contribution < 1.29 is 14.9 Å². The lowest BCUT2D eigenvalue weighted by atomic mass is 9.68. The van der Waals surface area contributed by atoms with Crippen molar-refractivity contribution in [3.8, 4) is 11.5 Å². The maximum atomic E-state index is 10.7. The molecule has 3 rings (SSSR count). The zero-order valence-corrected chi connectivity index (χ0v) is 15.1. The zero-order chi connectivity index (χ0) is 17.3. The summed E-state index contributed by atoms with van der Waals surface area (Å²) in [5.41, 5.74) is 2.87. The van der Waals surface area contributed by atoms with Crippen molar-refractivity contribution in [2.24, 2.45) is 5.92 Å². The first-order chi connectivity index (χ1) is 11.5. The summed E-state index contributed by atoms with van der Waals surface area (Å²) in [7, 11) is 0. The highest BCUT2D eigenvalue weighted by molar-refractivity contribution is 5.54. The number of hydrogen-bond donors (Lipinski definition) is 2. The average Bonchev–Trinajstić information content (AvgIpc) is 2.53. The summed E-state index contributed by atoms with van der Waals surface area (Å²) in [6, 6.07) is 4.03. The number of rotatable bonds is 5. The van der Waals surface area contributed by atoms with Crippen LogP contribution in [0.4, 0.5) is 0 Å². The second-order valence-electron chi connectivity index (χ2n) is 7.84. The van der Waals surface area contributed by atoms with Crippen LogP contribution in [-0.4, -0.2) is 22.4 Å². The molecule has 0 amide bonds. The van der Waals surface area contributed by atoms with Gasteiger partial charge in [0.1, 0.15) is 17.1 Å². The van der Waals surface area contributed by atoms with Crippen molar-refractivity contribution in [2.45, 2.75) is 70.8 Å². The van der Waals surface area contributed by atoms with Crippen LogP contribution in [-0.2, 0) is 6.42 Å². The van der Waals surface area contributed by atoms with Crippen LogP contribution in [0.5, 0.6) is 11.5 Å². The Balaban J connectivity index is 1.99. The highest BCUT2D eigenvalue weighted by Crippen LogP contribution is 2.53. The number of ether oxygens (including phenoxy) is 1. The molecule has 0 bridgehead atoms. The first-order valence-corrected chi connectivity index (χ1v) is 9.31. The van der Waals surface area contributed by atoms with Crippen molar-refractivity contribution in [3.63, 3.8) is 0 Å². The van der Waals surface area contributed by atoms with Gasteiger partial charge in [-0.15, -0.1) is 0 Å². The van der Waals surface area contributed by atoms with Crippen molar-refractivity contribution in [3.05, 3.63) is 34.9 Å². The number of allylic oxidation sites excluding steroid dienone is 1. The van der Waals surface area contributed by atoms with Crippen LogP contribution >= 0.6 is 0 Å². The second-order valence-corrected chi connectivity index (χ2v) is 7.84. The van der Waals surface area contributed by atoms with Gasteiger partial charge in [-0.25, -0.2) is 0 Å². The molecule has 1 aromatic rings. The van der Waals surface area contributed by atoms with Gasteiger partial charge in [0.2, 0.25) is 0 Å². The predicted molar refractivity (Wildman–Crippen MR) is 96.7 cm³/mol. The van der Waals surface area contributed by atoms with Crippen LogP contribution in [0.2, 0.25) is 0 Å². The van der Waals surface area contributed by atoms with Gasteiger partial charge >= 0.3 is 0 Å². The van der Waals surface area contributed by atoms with Crippen molar-refractivity contribution >= 4 is 0 Å². The van der Waals surface area contributed by atoms with E-state index in [4.69, 9.17) is 4.74 Å². The Bertz CT molecular complexity index is 630. The average molecular weight is 330 g/mol. The van der Waals surface area contributed by atoms with Crippen LogP contribution in [0.1, 0.15) is 69.9 Å². The molecule has 0 fully saturated rings. The van der Waals surface area contributed by atoms with E-state index in [2.05, 4.69) is 32.9 Å². The summed E-state index contributed by atoms with van der Waals surface area (Å²) >= 11 is 0. The standard InChI is InChI=1S/C21H30O3/c1-4-5-6-7-14-11-18(23)20-16-10-15(13-22)8-9-17(16)21(2,3)24-19(20)12-14/h10-12,16-17,22-23H,4-9,13H2,1-3H3/t16-,17?/m1/s1. The SMILES string of the molecule is CCCCCc1cc(O)c2c(c1)OC(C)(C)C1CCC(CO)=C[C@@H]21. The summed E-state index contributed by atoms with van der Waals surface area (Å²) in [4.78, 5) is 0. The van der Waals surface area contributed by atoms with Crippen LogP contribution in [0.3, 0.4) is 0 Å². The zero-order valence-electron chi connectivity index (χ0n) is 15.1. The molecule has 3 heteroatoms. The van der Waals surface area contributed by atoms with Gasteiger partial charge in [-0.3, -0.25) is 0 Å². The summed E-state index contributed by atoms with van der Waals surface area (Å²) in [5.74, 6) is 1.63. The van der Waals surface area contributed by atoms with Crippen molar-refractivity contribution in [1.82, 2.24) is 0 Å². The molecule has 0 saturated heterocycles. The highest BCUT2D eigenvalue weighted by atomic mass is 16.5. The summed E-state index contributed by atoms with van der Waals surface area (Å²) < 4.78 is 6.33. The Morgan fingerprint density at radius 3 is 2.75 bits per heavy atom. The van der Waals surface area contributed by atoms with Gasteiger partial charge in [0.05, 0.1) is 6.61 Å². The molecule has 2 aliphatic rings. The third-order valence-corrected chi connectivity index (χ3v) is 5.68. The maximum absolute atomic E-state index is 10.7. The number of unbranched alkanes of at least 4 members (excludes halogenated alkanes) is 2. The Labute approximate surface area is 145 Å². The fourth-order valence-corrected chi connectivity index (χ4v) is 4.34. The molecule has 1 aliphatic heterocycles. The van der Waals surface area contributed by atoms with E-state index in [1.807, 2.05) is 6.07 Å². The number of phenols is 1. The van der Waals surface area contributed by atoms with E-state index in [-0.39, 0.29) is 18.1 Å². The second kappa shape index (κ2) is 6.79. The largest absolute Gasteiger partial charge is 0.507 e. The van der Waals surface area contributed by atoms with E-state index in [9.17, 15) is 10.2 Å². The molecule has 24 heavy (non-hydrogen) atoms. The first kappa shape index (κ1) is 17.3. The number of aliphatic hydroxyl groups excluding tert-OH is 1. The van der Waals surface area contributed by atoms with Crippen LogP contribution < -0.4 is 4.74 Å². The topological polar surface area (TPSA) is 49.7 Å². The molecule has 3 nitrogen and oxygen atoms in total. The lowest BCUT2D eigenvalue weighted by Crippen LogP contribution is -2.45. The fourth-order valence-electron chi connectivity index (χ4n) is 4.34. The Kier molecular flexibility index (Phi) is 4.91. The van der Waals surface area contributed by atoms with E-state index < -0.39 is 0 Å². The maximum Gasteiger partial charge on any atom is 0.127 e. The molecule has 1 heterocycles. The minimum absolute atomic E-state index is 0.107. The normalized spacial score (nSPS) is 24.6. The van der Waals surface area contributed by atoms with E-state index in [0.29, 0.717) is 11.7 Å². The van der Waals surface area contributed by atoms with Crippen molar-refractivity contribution in [1.29, 1.82) is 0 Å². The summed E-state index contributed by atoms with van der Waals surface area (Å²) in [5, 5.41) is 20.2. The number of aryl methyl sites for hydroxylation is 1. The predicted octanol–water partition coefficient (Wildman–Crippen LogP) is 4.71. The number of aromatic hydroxyl groups is 1. The minimum Gasteiger partial charge on any atom is -0.507 e. The lowest BCUT2D eigenvalue weighted by Gasteiger charge is -2.46. The smallest absolute Gasteiger partial charge is 0.127 e. The molecular formula is C21H30O3. The molecule has 2 atom stereocenters. The molecule has 0 spiro atoms. The number of hydrogen-bond acceptors (Lipinski definition) is 3. The van der Waals surface area contributed by atoms with E-state index in [0.717, 1.165) is 48.1 Å². The third kappa shape index (κ3) is 3.19. The Morgan fingerprint density at radius 1 is 1.25 bits per heavy atom. The molecule has 1 aromatic carbocycles. The summed E-state index contributed by atoms with van der Waals surface area (Å²) in [6.07, 6.45) is 8.57. The monoisotopic (exact) mass is 330 g/mol. The number of phenolic OH excluding ortho intramolecular Hbond substituents is 1. The quantitative estimate of drug-likeness (QED) is 0.607. The first-order valence-electron chi connectivity index (χ1n) is 9.31. The van der Waals surface area contributed by atoms with E-state index in [1.165, 1.54) is 12.8 Å². The summed E-state index contributed by atoms with van der Waals surface area (Å²) in [6.45, 7) is 6.60. The van der Waals surface area contributed by atoms with Gasteiger partial charge in [-0.05, 0) is 62.8 Å². The van der Waals surface area contributed by atoms with Gasteiger partial charge < -0.3 is 14.9 Å². The number of aliphatic hydroxyl groups is 1. The van der Waals surface area contributed by atoms with Gasteiger partial charge in [0.15, 0.2) is 0 Å². The van der Waals surface area contributed by atoms with Crippen LogP contribution in [0, 0.1) is 5.92 Å². The van der Waals surface area contributed by atoms with Gasteiger partial charge in [0, 0.05) is 17.4 Å². The molecule has 132 valence electrons. The Morgan fingerprint density at radius 2 is 2.04 bits per heavy atom. The lowest BCUT2D eigenvalue weighted by molar-refractivity contribution is 0.0100. The van der Waals surface area contributed by atoms with E-state index >= 15 is 0 Å². The number of benzene rings is 1. The fraction of sp³-hybridized carbons (Fsp3) is 0.619. The number of fused-ring (bicyclic) bond motifs is 3. The minimum atomic E-state index is -0.260. The van der Waals surface area contributed by atoms with Gasteiger partial charge in [0.25, 0.3) is 0 Å². The van der Waals surface area contributed by atoms with Crippen LogP contribution in [0.15, 0.2) is 23.8 Å². The molecule has 0 radical (unpaired) electrons. The highest BCUT2D eigenvalue weighted by Gasteiger charge is 2.45. The molecule has 1 unspecified atom stereocenters. The molecule has 2 N–H and O–H groups in total.